The van der Waals surface area contributed by atoms with E-state index < -0.39 is 32.4 Å². The first-order valence-corrected chi connectivity index (χ1v) is 5.40. The standard InChI is InChI=1S/C6H13O7P/c1-2-4(7)6(9)5(8)3-13-14(10,11)12/h4,6-7,9H,2-3H2,1H3,(H2,10,11,12). The highest BCUT2D eigenvalue weighted by molar-refractivity contribution is 7.46. The van der Waals surface area contributed by atoms with Crippen molar-refractivity contribution in [3.8, 4) is 0 Å². The number of carbonyl (C=O) groups is 1. The third-order valence-electron chi connectivity index (χ3n) is 1.49. The zero-order valence-corrected chi connectivity index (χ0v) is 8.42. The van der Waals surface area contributed by atoms with Gasteiger partial charge in [-0.15, -0.1) is 0 Å². The van der Waals surface area contributed by atoms with E-state index in [4.69, 9.17) is 20.0 Å². The molecule has 84 valence electrons. The highest BCUT2D eigenvalue weighted by Crippen LogP contribution is 2.35. The first-order valence-electron chi connectivity index (χ1n) is 3.87. The summed E-state index contributed by atoms with van der Waals surface area (Å²) in [4.78, 5) is 27.4. The molecule has 0 fully saturated rings. The van der Waals surface area contributed by atoms with Crippen LogP contribution in [0.25, 0.3) is 0 Å². The Bertz CT molecular complexity index is 234. The zero-order valence-electron chi connectivity index (χ0n) is 7.53. The zero-order chi connectivity index (χ0) is 11.4. The Hall–Kier alpha value is -0.300. The second kappa shape index (κ2) is 5.55. The van der Waals surface area contributed by atoms with Gasteiger partial charge in [0.25, 0.3) is 0 Å². The van der Waals surface area contributed by atoms with E-state index in [-0.39, 0.29) is 6.42 Å². The van der Waals surface area contributed by atoms with Gasteiger partial charge in [-0.25, -0.2) is 4.57 Å². The van der Waals surface area contributed by atoms with Gasteiger partial charge in [0.05, 0.1) is 6.10 Å². The van der Waals surface area contributed by atoms with Crippen molar-refractivity contribution in [1.29, 1.82) is 0 Å². The number of hydrogen-bond acceptors (Lipinski definition) is 5. The van der Waals surface area contributed by atoms with E-state index >= 15 is 0 Å². The average molecular weight is 228 g/mol. The van der Waals surface area contributed by atoms with E-state index in [1.165, 1.54) is 0 Å². The molecule has 0 saturated carbocycles. The highest BCUT2D eigenvalue weighted by atomic mass is 31.2. The van der Waals surface area contributed by atoms with Gasteiger partial charge < -0.3 is 20.0 Å². The molecule has 0 spiro atoms. The van der Waals surface area contributed by atoms with Crippen molar-refractivity contribution < 1.29 is 33.9 Å². The maximum atomic E-state index is 10.9. The van der Waals surface area contributed by atoms with Crippen LogP contribution in [0.5, 0.6) is 0 Å². The van der Waals surface area contributed by atoms with Gasteiger partial charge in [-0.3, -0.25) is 9.32 Å². The minimum atomic E-state index is -4.71. The smallest absolute Gasteiger partial charge is 0.390 e. The van der Waals surface area contributed by atoms with Crippen LogP contribution in [0.2, 0.25) is 0 Å². The maximum absolute atomic E-state index is 10.9. The van der Waals surface area contributed by atoms with Crippen molar-refractivity contribution in [2.24, 2.45) is 0 Å². The summed E-state index contributed by atoms with van der Waals surface area (Å²) in [6, 6.07) is 0. The summed E-state index contributed by atoms with van der Waals surface area (Å²) in [6.45, 7) is 0.619. The summed E-state index contributed by atoms with van der Waals surface area (Å²) in [6.07, 6.45) is -2.77. The topological polar surface area (TPSA) is 124 Å². The van der Waals surface area contributed by atoms with Crippen LogP contribution in [0.1, 0.15) is 13.3 Å². The van der Waals surface area contributed by atoms with Crippen molar-refractivity contribution >= 4 is 13.6 Å². The molecular formula is C6H13O7P. The molecular weight excluding hydrogens is 215 g/mol. The molecule has 0 amide bonds. The first-order chi connectivity index (χ1) is 6.28. The molecule has 2 atom stereocenters. The second-order valence-corrected chi connectivity index (χ2v) is 3.89. The first kappa shape index (κ1) is 13.7. The quantitative estimate of drug-likeness (QED) is 0.420. The van der Waals surface area contributed by atoms with E-state index in [1.54, 1.807) is 6.92 Å². The van der Waals surface area contributed by atoms with E-state index in [2.05, 4.69) is 4.52 Å². The molecule has 0 aliphatic carbocycles. The fourth-order valence-electron chi connectivity index (χ4n) is 0.671. The number of aliphatic hydroxyl groups is 2. The van der Waals surface area contributed by atoms with Crippen LogP contribution in [-0.4, -0.2) is 44.6 Å². The van der Waals surface area contributed by atoms with Crippen LogP contribution in [0.4, 0.5) is 0 Å². The van der Waals surface area contributed by atoms with Crippen LogP contribution in [0.3, 0.4) is 0 Å². The molecule has 2 unspecified atom stereocenters. The van der Waals surface area contributed by atoms with Crippen LogP contribution in [0.15, 0.2) is 0 Å². The van der Waals surface area contributed by atoms with Gasteiger partial charge in [0.15, 0.2) is 5.78 Å². The van der Waals surface area contributed by atoms with E-state index in [0.29, 0.717) is 0 Å². The lowest BCUT2D eigenvalue weighted by molar-refractivity contribution is -0.135. The molecule has 14 heavy (non-hydrogen) atoms. The molecule has 0 aliphatic rings. The fraction of sp³-hybridized carbons (Fsp3) is 0.833. The third kappa shape index (κ3) is 5.43. The number of aliphatic hydroxyl groups excluding tert-OH is 2. The van der Waals surface area contributed by atoms with E-state index in [1.807, 2.05) is 0 Å². The SMILES string of the molecule is CCC(O)C(O)C(=O)COP(=O)(O)O. The Labute approximate surface area is 80.6 Å². The average Bonchev–Trinajstić information content (AvgIpc) is 2.10. The predicted octanol–water partition coefficient (Wildman–Crippen LogP) is -1.20. The molecule has 0 heterocycles. The van der Waals surface area contributed by atoms with Crippen molar-refractivity contribution in [2.45, 2.75) is 25.6 Å². The molecule has 8 heteroatoms. The Balaban J connectivity index is 4.03. The minimum Gasteiger partial charge on any atom is -0.390 e. The predicted molar refractivity (Wildman–Crippen MR) is 45.3 cm³/mol. The lowest BCUT2D eigenvalue weighted by Crippen LogP contribution is -2.35. The number of hydrogen-bond donors (Lipinski definition) is 4. The van der Waals surface area contributed by atoms with Gasteiger partial charge in [0.1, 0.15) is 12.7 Å². The maximum Gasteiger partial charge on any atom is 0.470 e. The van der Waals surface area contributed by atoms with Gasteiger partial charge in [-0.1, -0.05) is 6.92 Å². The van der Waals surface area contributed by atoms with Gasteiger partial charge >= 0.3 is 7.82 Å². The van der Waals surface area contributed by atoms with E-state index in [9.17, 15) is 9.36 Å². The third-order valence-corrected chi connectivity index (χ3v) is 1.95. The molecule has 0 aromatic rings. The number of phosphoric acid groups is 1. The van der Waals surface area contributed by atoms with Crippen LogP contribution >= 0.6 is 7.82 Å². The van der Waals surface area contributed by atoms with Gasteiger partial charge in [0, 0.05) is 0 Å². The van der Waals surface area contributed by atoms with Crippen molar-refractivity contribution in [3.63, 3.8) is 0 Å². The number of carbonyl (C=O) groups excluding carboxylic acids is 1. The summed E-state index contributed by atoms with van der Waals surface area (Å²) < 4.78 is 14.0. The summed E-state index contributed by atoms with van der Waals surface area (Å²) in [5, 5.41) is 18.1. The van der Waals surface area contributed by atoms with Crippen LogP contribution in [-0.2, 0) is 13.9 Å². The molecule has 0 saturated heterocycles. The van der Waals surface area contributed by atoms with Gasteiger partial charge in [0.2, 0.25) is 0 Å². The number of ketones is 1. The van der Waals surface area contributed by atoms with Crippen LogP contribution in [0, 0.1) is 0 Å². The molecule has 0 rings (SSSR count). The molecule has 7 nitrogen and oxygen atoms in total. The van der Waals surface area contributed by atoms with Gasteiger partial charge in [-0.05, 0) is 6.42 Å². The Morgan fingerprint density at radius 2 is 1.93 bits per heavy atom. The highest BCUT2D eigenvalue weighted by Gasteiger charge is 2.25. The van der Waals surface area contributed by atoms with E-state index in [0.717, 1.165) is 0 Å². The normalized spacial score (nSPS) is 16.4. The summed E-state index contributed by atoms with van der Waals surface area (Å²) in [5.41, 5.74) is 0. The van der Waals surface area contributed by atoms with Crippen molar-refractivity contribution in [1.82, 2.24) is 0 Å². The molecule has 0 radical (unpaired) electrons. The Morgan fingerprint density at radius 1 is 1.43 bits per heavy atom. The molecule has 0 aromatic heterocycles. The fourth-order valence-corrected chi connectivity index (χ4v) is 0.966. The summed E-state index contributed by atoms with van der Waals surface area (Å²) >= 11 is 0. The molecule has 0 bridgehead atoms. The lowest BCUT2D eigenvalue weighted by Gasteiger charge is -2.14. The lowest BCUT2D eigenvalue weighted by atomic mass is 10.1. The summed E-state index contributed by atoms with van der Waals surface area (Å²) in [7, 11) is -4.71. The number of Topliss-reactive ketones (excluding diaryl/α,β-unsaturated/α-hetero) is 1. The van der Waals surface area contributed by atoms with Crippen LogP contribution < -0.4 is 0 Å². The molecule has 0 aromatic carbocycles. The Morgan fingerprint density at radius 3 is 2.29 bits per heavy atom. The minimum absolute atomic E-state index is 0.156. The summed E-state index contributed by atoms with van der Waals surface area (Å²) in [5.74, 6) is -0.970. The van der Waals surface area contributed by atoms with Crippen molar-refractivity contribution in [2.75, 3.05) is 6.61 Å². The second-order valence-electron chi connectivity index (χ2n) is 2.65. The van der Waals surface area contributed by atoms with Crippen molar-refractivity contribution in [3.05, 3.63) is 0 Å². The molecule has 0 aliphatic heterocycles. The number of phosphoric ester groups is 1. The number of rotatable bonds is 6. The largest absolute Gasteiger partial charge is 0.470 e. The monoisotopic (exact) mass is 228 g/mol. The molecule has 4 N–H and O–H groups in total. The van der Waals surface area contributed by atoms with Gasteiger partial charge in [-0.2, -0.15) is 0 Å². The Kier molecular flexibility index (Phi) is 5.43.